The fourth-order valence-electron chi connectivity index (χ4n) is 1.63. The lowest BCUT2D eigenvalue weighted by atomic mass is 9.87. The first-order chi connectivity index (χ1) is 5.68. The predicted octanol–water partition coefficient (Wildman–Crippen LogP) is 2.00. The minimum absolute atomic E-state index is 0.165. The number of rotatable bonds is 3. The van der Waals surface area contributed by atoms with Crippen LogP contribution in [0.2, 0.25) is 0 Å². The van der Waals surface area contributed by atoms with Crippen LogP contribution in [0.15, 0.2) is 11.6 Å². The van der Waals surface area contributed by atoms with E-state index in [1.807, 2.05) is 0 Å². The third-order valence-corrected chi connectivity index (χ3v) is 2.55. The van der Waals surface area contributed by atoms with E-state index in [-0.39, 0.29) is 5.91 Å². The second-order valence-corrected chi connectivity index (χ2v) is 3.70. The van der Waals surface area contributed by atoms with Gasteiger partial charge in [0, 0.05) is 6.42 Å². The maximum atomic E-state index is 10.5. The Bertz CT molecular complexity index is 196. The molecule has 0 fully saturated rings. The minimum Gasteiger partial charge on any atom is -0.370 e. The zero-order valence-electron chi connectivity index (χ0n) is 7.68. The average Bonchev–Trinajstić information content (AvgIpc) is 2.03. The van der Waals surface area contributed by atoms with Crippen molar-refractivity contribution < 1.29 is 4.79 Å². The molecular weight excluding hydrogens is 150 g/mol. The van der Waals surface area contributed by atoms with E-state index < -0.39 is 0 Å². The molecule has 2 heteroatoms. The van der Waals surface area contributed by atoms with E-state index in [1.54, 1.807) is 0 Å². The molecule has 0 saturated heterocycles. The standard InChI is InChI=1S/C10H17NO/c1-8-2-4-9(5-3-8)6-7-10(11)12/h2,9H,3-7H2,1H3,(H2,11,12). The summed E-state index contributed by atoms with van der Waals surface area (Å²) in [5.74, 6) is 0.530. The number of carbonyl (C=O) groups excluding carboxylic acids is 1. The molecule has 0 radical (unpaired) electrons. The summed E-state index contributed by atoms with van der Waals surface area (Å²) in [6.07, 6.45) is 7.38. The van der Waals surface area contributed by atoms with Crippen molar-refractivity contribution in [2.24, 2.45) is 11.7 Å². The van der Waals surface area contributed by atoms with Gasteiger partial charge in [0.15, 0.2) is 0 Å². The zero-order chi connectivity index (χ0) is 8.97. The van der Waals surface area contributed by atoms with Crippen LogP contribution in [0.5, 0.6) is 0 Å². The highest BCUT2D eigenvalue weighted by Gasteiger charge is 2.12. The molecule has 0 bridgehead atoms. The Morgan fingerprint density at radius 3 is 3.00 bits per heavy atom. The normalized spacial score (nSPS) is 23.4. The molecule has 1 aliphatic carbocycles. The summed E-state index contributed by atoms with van der Waals surface area (Å²) in [5, 5.41) is 0. The van der Waals surface area contributed by atoms with Gasteiger partial charge in [0.25, 0.3) is 0 Å². The van der Waals surface area contributed by atoms with Crippen molar-refractivity contribution in [3.63, 3.8) is 0 Å². The summed E-state index contributed by atoms with van der Waals surface area (Å²) < 4.78 is 0. The molecule has 2 N–H and O–H groups in total. The molecule has 0 saturated carbocycles. The van der Waals surface area contributed by atoms with E-state index in [4.69, 9.17) is 5.73 Å². The van der Waals surface area contributed by atoms with Crippen LogP contribution in [-0.2, 0) is 4.79 Å². The number of nitrogens with two attached hydrogens (primary N) is 1. The van der Waals surface area contributed by atoms with E-state index in [2.05, 4.69) is 13.0 Å². The Morgan fingerprint density at radius 1 is 1.75 bits per heavy atom. The first-order valence-corrected chi connectivity index (χ1v) is 4.62. The topological polar surface area (TPSA) is 43.1 Å². The molecule has 12 heavy (non-hydrogen) atoms. The third kappa shape index (κ3) is 3.07. The first-order valence-electron chi connectivity index (χ1n) is 4.62. The van der Waals surface area contributed by atoms with Crippen molar-refractivity contribution in [2.45, 2.75) is 39.0 Å². The smallest absolute Gasteiger partial charge is 0.217 e. The lowest BCUT2D eigenvalue weighted by Gasteiger charge is -2.19. The van der Waals surface area contributed by atoms with E-state index in [9.17, 15) is 4.79 Å². The van der Waals surface area contributed by atoms with Gasteiger partial charge >= 0.3 is 0 Å². The molecular formula is C10H17NO. The summed E-state index contributed by atoms with van der Waals surface area (Å²) in [6, 6.07) is 0. The van der Waals surface area contributed by atoms with Gasteiger partial charge in [0.2, 0.25) is 5.91 Å². The summed E-state index contributed by atoms with van der Waals surface area (Å²) in [6.45, 7) is 2.17. The molecule has 1 atom stereocenters. The highest BCUT2D eigenvalue weighted by atomic mass is 16.1. The van der Waals surface area contributed by atoms with Crippen LogP contribution in [0.1, 0.15) is 39.0 Å². The SMILES string of the molecule is CC1=CCC(CCC(N)=O)CC1. The Balaban J connectivity index is 2.23. The predicted molar refractivity (Wildman–Crippen MR) is 49.5 cm³/mol. The van der Waals surface area contributed by atoms with Crippen molar-refractivity contribution in [3.8, 4) is 0 Å². The molecule has 0 heterocycles. The van der Waals surface area contributed by atoms with Gasteiger partial charge in [-0.05, 0) is 38.5 Å². The third-order valence-electron chi connectivity index (χ3n) is 2.55. The Hall–Kier alpha value is -0.790. The lowest BCUT2D eigenvalue weighted by Crippen LogP contribution is -2.13. The van der Waals surface area contributed by atoms with Crippen LogP contribution in [0.3, 0.4) is 0 Å². The van der Waals surface area contributed by atoms with E-state index in [0.717, 1.165) is 12.8 Å². The number of carbonyl (C=O) groups is 1. The second kappa shape index (κ2) is 4.29. The van der Waals surface area contributed by atoms with Crippen LogP contribution >= 0.6 is 0 Å². The minimum atomic E-state index is -0.165. The highest BCUT2D eigenvalue weighted by molar-refractivity contribution is 5.73. The maximum absolute atomic E-state index is 10.5. The van der Waals surface area contributed by atoms with Crippen LogP contribution in [-0.4, -0.2) is 5.91 Å². The number of hydrogen-bond donors (Lipinski definition) is 1. The molecule has 2 nitrogen and oxygen atoms in total. The number of primary amides is 1. The van der Waals surface area contributed by atoms with E-state index in [1.165, 1.54) is 18.4 Å². The van der Waals surface area contributed by atoms with Crippen molar-refractivity contribution in [2.75, 3.05) is 0 Å². The van der Waals surface area contributed by atoms with Crippen LogP contribution in [0, 0.1) is 5.92 Å². The van der Waals surface area contributed by atoms with Gasteiger partial charge in [-0.3, -0.25) is 4.79 Å². The Morgan fingerprint density at radius 2 is 2.50 bits per heavy atom. The van der Waals surface area contributed by atoms with Gasteiger partial charge in [0.05, 0.1) is 0 Å². The molecule has 68 valence electrons. The molecule has 0 aromatic carbocycles. The number of hydrogen-bond acceptors (Lipinski definition) is 1. The van der Waals surface area contributed by atoms with Crippen molar-refractivity contribution in [1.82, 2.24) is 0 Å². The second-order valence-electron chi connectivity index (χ2n) is 3.70. The van der Waals surface area contributed by atoms with Crippen LogP contribution in [0.4, 0.5) is 0 Å². The quantitative estimate of drug-likeness (QED) is 0.642. The van der Waals surface area contributed by atoms with Gasteiger partial charge in [-0.1, -0.05) is 11.6 Å². The van der Waals surface area contributed by atoms with E-state index >= 15 is 0 Å². The lowest BCUT2D eigenvalue weighted by molar-refractivity contribution is -0.118. The van der Waals surface area contributed by atoms with Gasteiger partial charge in [0.1, 0.15) is 0 Å². The largest absolute Gasteiger partial charge is 0.370 e. The Labute approximate surface area is 73.8 Å². The van der Waals surface area contributed by atoms with Crippen molar-refractivity contribution in [3.05, 3.63) is 11.6 Å². The fraction of sp³-hybridized carbons (Fsp3) is 0.700. The highest BCUT2D eigenvalue weighted by Crippen LogP contribution is 2.26. The molecule has 1 rings (SSSR count). The maximum Gasteiger partial charge on any atom is 0.217 e. The van der Waals surface area contributed by atoms with Crippen molar-refractivity contribution in [1.29, 1.82) is 0 Å². The molecule has 1 amide bonds. The van der Waals surface area contributed by atoms with Crippen molar-refractivity contribution >= 4 is 5.91 Å². The average molecular weight is 167 g/mol. The molecule has 0 aromatic rings. The van der Waals surface area contributed by atoms with Gasteiger partial charge in [-0.2, -0.15) is 0 Å². The molecule has 1 aliphatic rings. The Kier molecular flexibility index (Phi) is 3.32. The van der Waals surface area contributed by atoms with E-state index in [0.29, 0.717) is 12.3 Å². The summed E-state index contributed by atoms with van der Waals surface area (Å²) >= 11 is 0. The molecule has 0 aromatic heterocycles. The fourth-order valence-corrected chi connectivity index (χ4v) is 1.63. The monoisotopic (exact) mass is 167 g/mol. The summed E-state index contributed by atoms with van der Waals surface area (Å²) in [5.41, 5.74) is 6.57. The van der Waals surface area contributed by atoms with Crippen LogP contribution < -0.4 is 5.73 Å². The summed E-state index contributed by atoms with van der Waals surface area (Å²) in [7, 11) is 0. The first kappa shape index (κ1) is 9.30. The number of amides is 1. The van der Waals surface area contributed by atoms with Gasteiger partial charge < -0.3 is 5.73 Å². The van der Waals surface area contributed by atoms with Gasteiger partial charge in [-0.15, -0.1) is 0 Å². The zero-order valence-corrected chi connectivity index (χ0v) is 7.68. The van der Waals surface area contributed by atoms with Gasteiger partial charge in [-0.25, -0.2) is 0 Å². The molecule has 0 aliphatic heterocycles. The number of allylic oxidation sites excluding steroid dienone is 2. The van der Waals surface area contributed by atoms with Crippen LogP contribution in [0.25, 0.3) is 0 Å². The summed E-state index contributed by atoms with van der Waals surface area (Å²) in [4.78, 5) is 10.5. The molecule has 0 spiro atoms. The molecule has 1 unspecified atom stereocenters.